The Labute approximate surface area is 111 Å². The van der Waals surface area contributed by atoms with Crippen molar-refractivity contribution in [3.63, 3.8) is 0 Å². The largest absolute Gasteiger partial charge is 0.290 e. The van der Waals surface area contributed by atoms with E-state index in [1.54, 1.807) is 17.4 Å². The molecule has 0 atom stereocenters. The molecular formula is C15H12N2O2. The third-order valence-electron chi connectivity index (χ3n) is 2.45. The van der Waals surface area contributed by atoms with Crippen LogP contribution < -0.4 is 5.32 Å². The van der Waals surface area contributed by atoms with E-state index in [0.29, 0.717) is 0 Å². The monoisotopic (exact) mass is 252 g/mol. The summed E-state index contributed by atoms with van der Waals surface area (Å²) in [6.07, 6.45) is 0. The lowest BCUT2D eigenvalue weighted by Crippen LogP contribution is -2.75. The third-order valence-corrected chi connectivity index (χ3v) is 2.45. The first-order valence-corrected chi connectivity index (χ1v) is 5.73. The van der Waals surface area contributed by atoms with Crippen LogP contribution in [0.1, 0.15) is 11.1 Å². The van der Waals surface area contributed by atoms with E-state index in [0.717, 1.165) is 11.1 Å². The zero-order chi connectivity index (χ0) is 13.5. The van der Waals surface area contributed by atoms with Crippen LogP contribution in [0.2, 0.25) is 0 Å². The average Bonchev–Trinajstić information content (AvgIpc) is 2.45. The van der Waals surface area contributed by atoms with E-state index in [1.165, 1.54) is 12.1 Å². The number of nitro benzene ring substituents is 1. The van der Waals surface area contributed by atoms with Gasteiger partial charge >= 0.3 is 0 Å². The van der Waals surface area contributed by atoms with Crippen LogP contribution in [0.3, 0.4) is 0 Å². The Kier molecular flexibility index (Phi) is 4.17. The number of nitrogens with zero attached hydrogens (tertiary/aromatic N) is 1. The van der Waals surface area contributed by atoms with Crippen molar-refractivity contribution in [2.24, 2.45) is 0 Å². The second-order valence-electron chi connectivity index (χ2n) is 3.82. The van der Waals surface area contributed by atoms with Crippen LogP contribution in [-0.2, 0) is 0 Å². The molecule has 2 rings (SSSR count). The number of benzene rings is 2. The van der Waals surface area contributed by atoms with Gasteiger partial charge in [0.25, 0.3) is 0 Å². The number of quaternary nitrogens is 1. The Morgan fingerprint density at radius 2 is 1.74 bits per heavy atom. The molecule has 0 aliphatic heterocycles. The first kappa shape index (κ1) is 12.7. The summed E-state index contributed by atoms with van der Waals surface area (Å²) in [5.41, 5.74) is 1.93. The summed E-state index contributed by atoms with van der Waals surface area (Å²) in [4.78, 5) is 10.1. The summed E-state index contributed by atoms with van der Waals surface area (Å²) in [5, 5.41) is 12.2. The molecule has 0 spiro atoms. The van der Waals surface area contributed by atoms with Crippen molar-refractivity contribution < 1.29 is 10.2 Å². The summed E-state index contributed by atoms with van der Waals surface area (Å²) in [5.74, 6) is 3.00. The molecule has 0 unspecified atom stereocenters. The molecule has 0 fully saturated rings. The third kappa shape index (κ3) is 3.87. The lowest BCUT2D eigenvalue weighted by Gasteiger charge is -2.03. The molecule has 4 nitrogen and oxygen atoms in total. The van der Waals surface area contributed by atoms with Gasteiger partial charge < -0.3 is 0 Å². The molecule has 0 amide bonds. The van der Waals surface area contributed by atoms with E-state index in [2.05, 4.69) is 12.0 Å². The summed E-state index contributed by atoms with van der Waals surface area (Å²) in [6, 6.07) is 18.9. The van der Waals surface area contributed by atoms with Gasteiger partial charge in [-0.2, -0.15) is 12.1 Å². The Hall–Kier alpha value is -2.77. The van der Waals surface area contributed by atoms with Gasteiger partial charge in [0, 0.05) is 12.1 Å². The highest BCUT2D eigenvalue weighted by molar-refractivity contribution is 5.35. The van der Waals surface area contributed by atoms with Crippen LogP contribution >= 0.6 is 0 Å². The molecule has 0 saturated carbocycles. The Morgan fingerprint density at radius 1 is 1.05 bits per heavy atom. The normalized spacial score (nSPS) is 9.26. The number of hydrogen-bond acceptors (Lipinski definition) is 2. The Morgan fingerprint density at radius 3 is 2.37 bits per heavy atom. The molecule has 94 valence electrons. The fourth-order valence-corrected chi connectivity index (χ4v) is 1.49. The molecule has 0 radical (unpaired) electrons. The first-order valence-electron chi connectivity index (χ1n) is 5.73. The van der Waals surface area contributed by atoms with Crippen LogP contribution in [0.5, 0.6) is 0 Å². The van der Waals surface area contributed by atoms with E-state index < -0.39 is 4.92 Å². The minimum absolute atomic E-state index is 0.0903. The van der Waals surface area contributed by atoms with Gasteiger partial charge in [-0.05, 0) is 30.2 Å². The molecule has 0 bridgehead atoms. The van der Waals surface area contributed by atoms with Crippen molar-refractivity contribution in [2.75, 3.05) is 0 Å². The van der Waals surface area contributed by atoms with E-state index in [-0.39, 0.29) is 5.69 Å². The van der Waals surface area contributed by atoms with E-state index in [4.69, 9.17) is 0 Å². The number of rotatable bonds is 3. The summed E-state index contributed by atoms with van der Waals surface area (Å²) >= 11 is 0. The van der Waals surface area contributed by atoms with Gasteiger partial charge in [-0.3, -0.25) is 15.4 Å². The van der Waals surface area contributed by atoms with E-state index in [1.807, 2.05) is 36.9 Å². The van der Waals surface area contributed by atoms with Crippen molar-refractivity contribution in [3.05, 3.63) is 82.4 Å². The molecule has 19 heavy (non-hydrogen) atoms. The summed E-state index contributed by atoms with van der Waals surface area (Å²) < 4.78 is 0. The van der Waals surface area contributed by atoms with Gasteiger partial charge in [0.15, 0.2) is 0 Å². The molecule has 4 heteroatoms. The molecule has 0 aliphatic carbocycles. The van der Waals surface area contributed by atoms with Gasteiger partial charge in [0.2, 0.25) is 5.69 Å². The highest BCUT2D eigenvalue weighted by Gasteiger charge is 1.98. The van der Waals surface area contributed by atoms with Crippen LogP contribution in [0.4, 0.5) is 5.69 Å². The second kappa shape index (κ2) is 6.24. The Bertz CT molecular complexity index is 610. The lowest BCUT2D eigenvalue weighted by molar-refractivity contribution is -0.518. The fourth-order valence-electron chi connectivity index (χ4n) is 1.49. The molecule has 0 saturated heterocycles. The predicted octanol–water partition coefficient (Wildman–Crippen LogP) is 1.68. The Balaban J connectivity index is 1.89. The summed E-state index contributed by atoms with van der Waals surface area (Å²) in [6.45, 7) is 1.82. The topological polar surface area (TPSA) is 59.8 Å². The van der Waals surface area contributed by atoms with Crippen molar-refractivity contribution >= 4 is 5.69 Å². The number of non-ortho nitro benzene ring substituents is 1. The van der Waals surface area contributed by atoms with Crippen LogP contribution in [-0.4, -0.2) is 4.92 Å². The number of nitro groups is 1. The van der Waals surface area contributed by atoms with E-state index in [9.17, 15) is 10.1 Å². The molecular weight excluding hydrogens is 240 g/mol. The maximum atomic E-state index is 10.5. The predicted molar refractivity (Wildman–Crippen MR) is 71.7 cm³/mol. The van der Waals surface area contributed by atoms with Crippen molar-refractivity contribution in [3.8, 4) is 12.0 Å². The van der Waals surface area contributed by atoms with Crippen molar-refractivity contribution in [1.82, 2.24) is 0 Å². The van der Waals surface area contributed by atoms with Gasteiger partial charge in [-0.15, -0.1) is 5.56 Å². The molecule has 2 aromatic carbocycles. The van der Waals surface area contributed by atoms with Crippen LogP contribution in [0, 0.1) is 28.6 Å². The minimum Gasteiger partial charge on any atom is -0.290 e. The fraction of sp³-hybridized carbons (Fsp3) is 0. The van der Waals surface area contributed by atoms with E-state index >= 15 is 0 Å². The molecule has 0 aliphatic rings. The smallest absolute Gasteiger partial charge is 0.245 e. The SMILES string of the molecule is O=[N+]([O-])c1ccc([CH-][NH2+]C#Cc2ccccc2)cc1. The average molecular weight is 252 g/mol. The quantitative estimate of drug-likeness (QED) is 0.391. The number of hydrogen-bond donors (Lipinski definition) is 1. The highest BCUT2D eigenvalue weighted by Crippen LogP contribution is 2.11. The van der Waals surface area contributed by atoms with Gasteiger partial charge in [0.05, 0.1) is 4.92 Å². The lowest BCUT2D eigenvalue weighted by atomic mass is 10.2. The van der Waals surface area contributed by atoms with Gasteiger partial charge in [-0.25, -0.2) is 0 Å². The van der Waals surface area contributed by atoms with Crippen molar-refractivity contribution in [2.45, 2.75) is 0 Å². The highest BCUT2D eigenvalue weighted by atomic mass is 16.6. The first-order chi connectivity index (χ1) is 9.25. The minimum atomic E-state index is -0.414. The molecule has 2 aromatic rings. The van der Waals surface area contributed by atoms with Gasteiger partial charge in [-0.1, -0.05) is 18.2 Å². The maximum absolute atomic E-state index is 10.5. The molecule has 2 N–H and O–H groups in total. The van der Waals surface area contributed by atoms with Crippen LogP contribution in [0.25, 0.3) is 0 Å². The van der Waals surface area contributed by atoms with Gasteiger partial charge in [0.1, 0.15) is 6.04 Å². The zero-order valence-electron chi connectivity index (χ0n) is 10.1. The van der Waals surface area contributed by atoms with Crippen LogP contribution in [0.15, 0.2) is 54.6 Å². The maximum Gasteiger partial charge on any atom is 0.245 e. The second-order valence-corrected chi connectivity index (χ2v) is 3.82. The number of nitrogens with two attached hydrogens (primary N) is 1. The molecule has 0 aromatic heterocycles. The zero-order valence-corrected chi connectivity index (χ0v) is 10.1. The standard InChI is InChI=1S/C15H12N2O2/c18-17(19)15-8-6-14(7-9-15)12-16-11-10-13-4-2-1-3-5-13/h1-9,12H,16H2. The summed E-state index contributed by atoms with van der Waals surface area (Å²) in [7, 11) is 0. The van der Waals surface area contributed by atoms with Crippen molar-refractivity contribution in [1.29, 1.82) is 0 Å². The molecule has 0 heterocycles.